The first-order valence-electron chi connectivity index (χ1n) is 8.31. The summed E-state index contributed by atoms with van der Waals surface area (Å²) in [5.74, 6) is -0.0331. The molecule has 1 fully saturated rings. The van der Waals surface area contributed by atoms with E-state index in [1.165, 1.54) is 31.6 Å². The number of furan rings is 1. The highest BCUT2D eigenvalue weighted by Crippen LogP contribution is 2.25. The molecule has 0 spiro atoms. The fourth-order valence-corrected chi connectivity index (χ4v) is 3.81. The number of sulfone groups is 1. The third-order valence-corrected chi connectivity index (χ3v) is 5.51. The molecule has 3 rings (SSSR count). The Morgan fingerprint density at radius 3 is 2.19 bits per heavy atom. The molecule has 1 aliphatic heterocycles. The first-order chi connectivity index (χ1) is 12.8. The summed E-state index contributed by atoms with van der Waals surface area (Å²) in [5, 5.41) is 0. The zero-order chi connectivity index (χ0) is 19.6. The lowest BCUT2D eigenvalue weighted by atomic mass is 10.1. The average Bonchev–Trinajstić information content (AvgIpc) is 3.20. The summed E-state index contributed by atoms with van der Waals surface area (Å²) in [5.41, 5.74) is 0.266. The summed E-state index contributed by atoms with van der Waals surface area (Å²) in [6.07, 6.45) is 2.51. The molecule has 8 nitrogen and oxygen atoms in total. The van der Waals surface area contributed by atoms with Crippen molar-refractivity contribution in [2.24, 2.45) is 0 Å². The summed E-state index contributed by atoms with van der Waals surface area (Å²) >= 11 is 0. The molecule has 2 heterocycles. The van der Waals surface area contributed by atoms with E-state index in [4.69, 9.17) is 9.15 Å². The predicted molar refractivity (Wildman–Crippen MR) is 96.6 cm³/mol. The van der Waals surface area contributed by atoms with Crippen molar-refractivity contribution < 1.29 is 27.2 Å². The second-order valence-corrected chi connectivity index (χ2v) is 8.18. The molecule has 0 aliphatic carbocycles. The number of amides is 2. The zero-order valence-corrected chi connectivity index (χ0v) is 15.9. The molecule has 1 aliphatic rings. The minimum absolute atomic E-state index is 0.0255. The van der Waals surface area contributed by atoms with Gasteiger partial charge in [-0.1, -0.05) is 0 Å². The molecule has 9 heteroatoms. The van der Waals surface area contributed by atoms with Crippen LogP contribution in [0, 0.1) is 0 Å². The van der Waals surface area contributed by atoms with Crippen molar-refractivity contribution >= 4 is 21.7 Å². The van der Waals surface area contributed by atoms with Gasteiger partial charge in [0.25, 0.3) is 11.8 Å². The zero-order valence-electron chi connectivity index (χ0n) is 15.0. The van der Waals surface area contributed by atoms with Gasteiger partial charge in [-0.3, -0.25) is 9.59 Å². The maximum Gasteiger partial charge on any atom is 0.289 e. The van der Waals surface area contributed by atoms with Crippen molar-refractivity contribution in [1.29, 1.82) is 0 Å². The Balaban J connectivity index is 1.72. The van der Waals surface area contributed by atoms with Crippen molar-refractivity contribution in [2.75, 3.05) is 39.5 Å². The van der Waals surface area contributed by atoms with Crippen LogP contribution in [0.1, 0.15) is 20.9 Å². The van der Waals surface area contributed by atoms with E-state index >= 15 is 0 Å². The molecule has 2 amide bonds. The number of carbonyl (C=O) groups is 2. The van der Waals surface area contributed by atoms with Crippen LogP contribution in [-0.2, 0) is 9.84 Å². The molecule has 0 radical (unpaired) electrons. The molecule has 144 valence electrons. The molecule has 2 aromatic rings. The van der Waals surface area contributed by atoms with Crippen LogP contribution in [0.2, 0.25) is 0 Å². The van der Waals surface area contributed by atoms with E-state index in [1.807, 2.05) is 0 Å². The monoisotopic (exact) mass is 392 g/mol. The number of methoxy groups -OCH3 is 1. The van der Waals surface area contributed by atoms with E-state index in [-0.39, 0.29) is 33.8 Å². The Bertz CT molecular complexity index is 944. The minimum atomic E-state index is -3.54. The van der Waals surface area contributed by atoms with Gasteiger partial charge in [0.2, 0.25) is 0 Å². The van der Waals surface area contributed by atoms with Gasteiger partial charge in [0.15, 0.2) is 15.6 Å². The smallest absolute Gasteiger partial charge is 0.289 e. The number of ether oxygens (including phenoxy) is 1. The van der Waals surface area contributed by atoms with Gasteiger partial charge in [-0.2, -0.15) is 0 Å². The van der Waals surface area contributed by atoms with Gasteiger partial charge in [-0.25, -0.2) is 8.42 Å². The number of rotatable bonds is 4. The topological polar surface area (TPSA) is 97.1 Å². The highest BCUT2D eigenvalue weighted by molar-refractivity contribution is 7.90. The van der Waals surface area contributed by atoms with Gasteiger partial charge in [0.05, 0.1) is 13.4 Å². The standard InChI is InChI=1S/C18H20N2O6S/c1-25-14-6-5-13(12-16(14)27(2,23)24)17(21)19-7-9-20(10-8-19)18(22)15-4-3-11-26-15/h3-6,11-12H,7-10H2,1-2H3. The maximum atomic E-state index is 12.8. The second kappa shape index (κ2) is 7.43. The molecule has 1 aromatic carbocycles. The van der Waals surface area contributed by atoms with Crippen LogP contribution < -0.4 is 4.74 Å². The number of nitrogens with zero attached hydrogens (tertiary/aromatic N) is 2. The van der Waals surface area contributed by atoms with Crippen LogP contribution in [0.3, 0.4) is 0 Å². The van der Waals surface area contributed by atoms with Crippen LogP contribution >= 0.6 is 0 Å². The Hall–Kier alpha value is -2.81. The van der Waals surface area contributed by atoms with Crippen LogP contribution in [-0.4, -0.2) is 69.6 Å². The maximum absolute atomic E-state index is 12.8. The predicted octanol–water partition coefficient (Wildman–Crippen LogP) is 1.29. The van der Waals surface area contributed by atoms with E-state index in [0.717, 1.165) is 6.26 Å². The SMILES string of the molecule is COc1ccc(C(=O)N2CCN(C(=O)c3ccco3)CC2)cc1S(C)(=O)=O. The van der Waals surface area contributed by atoms with Gasteiger partial charge in [0.1, 0.15) is 10.6 Å². The van der Waals surface area contributed by atoms with Crippen LogP contribution in [0.25, 0.3) is 0 Å². The van der Waals surface area contributed by atoms with Gasteiger partial charge < -0.3 is 19.0 Å². The summed E-state index contributed by atoms with van der Waals surface area (Å²) in [6.45, 7) is 1.46. The Labute approximate surface area is 157 Å². The van der Waals surface area contributed by atoms with Crippen molar-refractivity contribution in [1.82, 2.24) is 9.80 Å². The van der Waals surface area contributed by atoms with E-state index < -0.39 is 9.84 Å². The van der Waals surface area contributed by atoms with Crippen LogP contribution in [0.4, 0.5) is 0 Å². The minimum Gasteiger partial charge on any atom is -0.495 e. The summed E-state index contributed by atoms with van der Waals surface area (Å²) in [6, 6.07) is 7.59. The average molecular weight is 392 g/mol. The molecule has 0 saturated carbocycles. The number of hydrogen-bond acceptors (Lipinski definition) is 6. The summed E-state index contributed by atoms with van der Waals surface area (Å²) in [7, 11) is -2.16. The van der Waals surface area contributed by atoms with Crippen molar-refractivity contribution in [3.63, 3.8) is 0 Å². The molecule has 0 unspecified atom stereocenters. The number of hydrogen-bond donors (Lipinski definition) is 0. The van der Waals surface area contributed by atoms with E-state index in [0.29, 0.717) is 26.2 Å². The molecule has 0 N–H and O–H groups in total. The molecular formula is C18H20N2O6S. The van der Waals surface area contributed by atoms with Crippen LogP contribution in [0.5, 0.6) is 5.75 Å². The highest BCUT2D eigenvalue weighted by atomic mass is 32.2. The lowest BCUT2D eigenvalue weighted by molar-refractivity contribution is 0.0518. The molecule has 0 atom stereocenters. The second-order valence-electron chi connectivity index (χ2n) is 6.20. The lowest BCUT2D eigenvalue weighted by Gasteiger charge is -2.34. The Morgan fingerprint density at radius 2 is 1.67 bits per heavy atom. The number of carbonyl (C=O) groups excluding carboxylic acids is 2. The third-order valence-electron chi connectivity index (χ3n) is 4.40. The molecule has 1 saturated heterocycles. The summed E-state index contributed by atoms with van der Waals surface area (Å²) in [4.78, 5) is 28.2. The van der Waals surface area contributed by atoms with Crippen LogP contribution in [0.15, 0.2) is 45.9 Å². The first kappa shape index (κ1) is 19.0. The van der Waals surface area contributed by atoms with E-state index in [2.05, 4.69) is 0 Å². The first-order valence-corrected chi connectivity index (χ1v) is 10.2. The van der Waals surface area contributed by atoms with Gasteiger partial charge in [-0.15, -0.1) is 0 Å². The van der Waals surface area contributed by atoms with Gasteiger partial charge in [-0.05, 0) is 30.3 Å². The molecular weight excluding hydrogens is 372 g/mol. The fourth-order valence-electron chi connectivity index (χ4n) is 2.95. The van der Waals surface area contributed by atoms with Gasteiger partial charge in [0, 0.05) is 38.0 Å². The number of piperazine rings is 1. The van der Waals surface area contributed by atoms with Crippen molar-refractivity contribution in [2.45, 2.75) is 4.90 Å². The quantitative estimate of drug-likeness (QED) is 0.778. The normalized spacial score (nSPS) is 14.9. The molecule has 0 bridgehead atoms. The third kappa shape index (κ3) is 3.97. The van der Waals surface area contributed by atoms with E-state index in [1.54, 1.807) is 21.9 Å². The Morgan fingerprint density at radius 1 is 1.04 bits per heavy atom. The molecule has 1 aromatic heterocycles. The Kier molecular flexibility index (Phi) is 5.22. The van der Waals surface area contributed by atoms with Gasteiger partial charge >= 0.3 is 0 Å². The lowest BCUT2D eigenvalue weighted by Crippen LogP contribution is -2.50. The summed E-state index contributed by atoms with van der Waals surface area (Å²) < 4.78 is 34.1. The highest BCUT2D eigenvalue weighted by Gasteiger charge is 2.27. The van der Waals surface area contributed by atoms with Crippen molar-refractivity contribution in [3.05, 3.63) is 47.9 Å². The fraction of sp³-hybridized carbons (Fsp3) is 0.333. The van der Waals surface area contributed by atoms with E-state index in [9.17, 15) is 18.0 Å². The van der Waals surface area contributed by atoms with Crippen molar-refractivity contribution in [3.8, 4) is 5.75 Å². The largest absolute Gasteiger partial charge is 0.495 e. The number of benzene rings is 1. The molecule has 27 heavy (non-hydrogen) atoms.